The Morgan fingerprint density at radius 1 is 1.60 bits per heavy atom. The highest BCUT2D eigenvalue weighted by atomic mass is 14.5. The summed E-state index contributed by atoms with van der Waals surface area (Å²) in [5.74, 6) is 1.66. The van der Waals surface area contributed by atoms with Gasteiger partial charge in [-0.15, -0.1) is 5.73 Å². The molecule has 0 radical (unpaired) electrons. The molecule has 1 fully saturated rings. The van der Waals surface area contributed by atoms with Crippen molar-refractivity contribution >= 4 is 0 Å². The molecule has 2 atom stereocenters. The number of rotatable bonds is 0. The van der Waals surface area contributed by atoms with Gasteiger partial charge in [-0.05, 0) is 42.2 Å². The Labute approximate surface area is 62.6 Å². The van der Waals surface area contributed by atoms with Gasteiger partial charge in [-0.3, -0.25) is 0 Å². The van der Waals surface area contributed by atoms with Gasteiger partial charge in [-0.2, -0.15) is 0 Å². The average Bonchev–Trinajstić information content (AvgIpc) is 1.87. The molecule has 0 nitrogen and oxygen atoms in total. The third-order valence-corrected chi connectivity index (χ3v) is 3.38. The highest BCUT2D eigenvalue weighted by molar-refractivity contribution is 5.23. The Kier molecular flexibility index (Phi) is 0.980. The topological polar surface area (TPSA) is 0 Å². The van der Waals surface area contributed by atoms with Crippen LogP contribution in [-0.4, -0.2) is 0 Å². The van der Waals surface area contributed by atoms with Gasteiger partial charge in [0.05, 0.1) is 0 Å². The first-order valence-electron chi connectivity index (χ1n) is 4.05. The molecule has 3 aliphatic carbocycles. The SMILES string of the molecule is CC1=C=C[C@@H]2C[C@H]1C2(C)C. The van der Waals surface area contributed by atoms with Crippen molar-refractivity contribution < 1.29 is 0 Å². The summed E-state index contributed by atoms with van der Waals surface area (Å²) in [7, 11) is 0. The van der Waals surface area contributed by atoms with Crippen LogP contribution in [0.2, 0.25) is 0 Å². The standard InChI is InChI=1S/C10H14/c1-7-4-5-8-6-9(7)10(8,2)3/h5,8-9H,6H2,1-3H3/t8-,9-/m1/s1. The van der Waals surface area contributed by atoms with Crippen molar-refractivity contribution in [2.75, 3.05) is 0 Å². The predicted octanol–water partition coefficient (Wildman–Crippen LogP) is 2.76. The Balaban J connectivity index is 2.40. The van der Waals surface area contributed by atoms with Crippen molar-refractivity contribution in [2.45, 2.75) is 27.2 Å². The summed E-state index contributed by atoms with van der Waals surface area (Å²) < 4.78 is 0. The molecule has 0 aromatic rings. The van der Waals surface area contributed by atoms with E-state index in [1.54, 1.807) is 0 Å². The molecule has 10 heavy (non-hydrogen) atoms. The lowest BCUT2D eigenvalue weighted by Crippen LogP contribution is -2.45. The smallest absolute Gasteiger partial charge is 0.00668 e. The van der Waals surface area contributed by atoms with Gasteiger partial charge in [0.2, 0.25) is 0 Å². The van der Waals surface area contributed by atoms with Gasteiger partial charge >= 0.3 is 0 Å². The van der Waals surface area contributed by atoms with E-state index in [2.05, 4.69) is 32.6 Å². The third-order valence-electron chi connectivity index (χ3n) is 3.38. The van der Waals surface area contributed by atoms with E-state index in [-0.39, 0.29) is 0 Å². The quantitative estimate of drug-likeness (QED) is 0.447. The van der Waals surface area contributed by atoms with E-state index in [0.717, 1.165) is 11.8 Å². The van der Waals surface area contributed by atoms with E-state index in [9.17, 15) is 0 Å². The van der Waals surface area contributed by atoms with Gasteiger partial charge in [0.15, 0.2) is 0 Å². The molecule has 0 heterocycles. The van der Waals surface area contributed by atoms with Crippen LogP contribution < -0.4 is 0 Å². The normalized spacial score (nSPS) is 40.5. The molecule has 0 unspecified atom stereocenters. The third kappa shape index (κ3) is 0.532. The molecule has 3 rings (SSSR count). The Hall–Kier alpha value is -0.480. The molecule has 0 heteroatoms. The zero-order valence-corrected chi connectivity index (χ0v) is 6.94. The summed E-state index contributed by atoms with van der Waals surface area (Å²) in [6.07, 6.45) is 3.64. The lowest BCUT2D eigenvalue weighted by atomic mass is 9.51. The molecule has 3 aliphatic rings. The average molecular weight is 134 g/mol. The van der Waals surface area contributed by atoms with E-state index in [4.69, 9.17) is 0 Å². The van der Waals surface area contributed by atoms with E-state index in [1.807, 2.05) is 0 Å². The zero-order valence-electron chi connectivity index (χ0n) is 6.94. The first-order chi connectivity index (χ1) is 4.62. The van der Waals surface area contributed by atoms with E-state index < -0.39 is 0 Å². The Morgan fingerprint density at radius 2 is 2.30 bits per heavy atom. The molecule has 0 saturated heterocycles. The summed E-state index contributed by atoms with van der Waals surface area (Å²) in [4.78, 5) is 0. The molecule has 1 saturated carbocycles. The Morgan fingerprint density at radius 3 is 2.60 bits per heavy atom. The van der Waals surface area contributed by atoms with Gasteiger partial charge in [0.25, 0.3) is 0 Å². The van der Waals surface area contributed by atoms with Crippen LogP contribution in [0.4, 0.5) is 0 Å². The second kappa shape index (κ2) is 1.57. The second-order valence-corrected chi connectivity index (χ2v) is 4.21. The fourth-order valence-electron chi connectivity index (χ4n) is 2.31. The number of hydrogen-bond acceptors (Lipinski definition) is 0. The fourth-order valence-corrected chi connectivity index (χ4v) is 2.31. The van der Waals surface area contributed by atoms with Gasteiger partial charge in [-0.25, -0.2) is 0 Å². The van der Waals surface area contributed by atoms with Crippen LogP contribution in [0.25, 0.3) is 0 Å². The summed E-state index contributed by atoms with van der Waals surface area (Å²) >= 11 is 0. The molecule has 0 aliphatic heterocycles. The second-order valence-electron chi connectivity index (χ2n) is 4.21. The minimum atomic E-state index is 0.551. The van der Waals surface area contributed by atoms with Gasteiger partial charge in [0.1, 0.15) is 0 Å². The van der Waals surface area contributed by atoms with Crippen LogP contribution in [0.1, 0.15) is 27.2 Å². The van der Waals surface area contributed by atoms with Crippen LogP contribution >= 0.6 is 0 Å². The van der Waals surface area contributed by atoms with Crippen molar-refractivity contribution in [3.8, 4) is 0 Å². The van der Waals surface area contributed by atoms with Crippen molar-refractivity contribution in [1.82, 2.24) is 0 Å². The maximum absolute atomic E-state index is 3.33. The highest BCUT2D eigenvalue weighted by Crippen LogP contribution is 2.56. The van der Waals surface area contributed by atoms with E-state index in [1.165, 1.54) is 12.0 Å². The predicted molar refractivity (Wildman–Crippen MR) is 42.6 cm³/mol. The largest absolute Gasteiger partial charge is 0.126 e. The number of allylic oxidation sites excluding steroid dienone is 1. The highest BCUT2D eigenvalue weighted by Gasteiger charge is 2.48. The maximum atomic E-state index is 3.33. The van der Waals surface area contributed by atoms with Gasteiger partial charge in [0, 0.05) is 0 Å². The van der Waals surface area contributed by atoms with Crippen LogP contribution in [0.3, 0.4) is 0 Å². The maximum Gasteiger partial charge on any atom is -0.00668 e. The summed E-state index contributed by atoms with van der Waals surface area (Å²) in [6, 6.07) is 0. The molecular formula is C10H14. The van der Waals surface area contributed by atoms with E-state index >= 15 is 0 Å². The van der Waals surface area contributed by atoms with E-state index in [0.29, 0.717) is 5.41 Å². The van der Waals surface area contributed by atoms with Crippen molar-refractivity contribution in [2.24, 2.45) is 17.3 Å². The molecular weight excluding hydrogens is 120 g/mol. The summed E-state index contributed by atoms with van der Waals surface area (Å²) in [5, 5.41) is 0. The lowest BCUT2D eigenvalue weighted by Gasteiger charge is -2.53. The minimum Gasteiger partial charge on any atom is -0.126 e. The van der Waals surface area contributed by atoms with Crippen LogP contribution in [0, 0.1) is 17.3 Å². The number of hydrogen-bond donors (Lipinski definition) is 0. The first-order valence-corrected chi connectivity index (χ1v) is 4.05. The van der Waals surface area contributed by atoms with Crippen molar-refractivity contribution in [3.05, 3.63) is 17.4 Å². The molecule has 0 spiro atoms. The molecule has 2 bridgehead atoms. The van der Waals surface area contributed by atoms with Crippen LogP contribution in [-0.2, 0) is 0 Å². The fraction of sp³-hybridized carbons (Fsp3) is 0.700. The molecule has 0 aromatic carbocycles. The molecule has 0 aromatic heterocycles. The molecule has 0 amide bonds. The van der Waals surface area contributed by atoms with Crippen molar-refractivity contribution in [3.63, 3.8) is 0 Å². The van der Waals surface area contributed by atoms with Crippen LogP contribution in [0.15, 0.2) is 17.4 Å². The zero-order chi connectivity index (χ0) is 7.35. The molecule has 54 valence electrons. The van der Waals surface area contributed by atoms with Gasteiger partial charge < -0.3 is 0 Å². The monoisotopic (exact) mass is 134 g/mol. The Bertz CT molecular complexity index is 226. The first kappa shape index (κ1) is 6.24. The van der Waals surface area contributed by atoms with Crippen molar-refractivity contribution in [1.29, 1.82) is 0 Å². The molecule has 0 N–H and O–H groups in total. The van der Waals surface area contributed by atoms with Gasteiger partial charge in [-0.1, -0.05) is 13.8 Å². The minimum absolute atomic E-state index is 0.551. The van der Waals surface area contributed by atoms with Crippen LogP contribution in [0.5, 0.6) is 0 Å². The summed E-state index contributed by atoms with van der Waals surface area (Å²) in [5.41, 5.74) is 5.34. The lowest BCUT2D eigenvalue weighted by molar-refractivity contribution is 0.0332. The summed E-state index contributed by atoms with van der Waals surface area (Å²) in [6.45, 7) is 6.94.